The smallest absolute Gasteiger partial charge is 0.123 e. The standard InChI is InChI=1S/C15H11BrFNS/c16-13-6-5-9(17)7-11(13)15(18)12-8-19-14-4-2-1-3-10(12)14/h1-8,15H,18H2. The molecule has 0 amide bonds. The first kappa shape index (κ1) is 12.8. The Labute approximate surface area is 123 Å². The fourth-order valence-electron chi connectivity index (χ4n) is 2.16. The molecule has 3 rings (SSSR count). The fraction of sp³-hybridized carbons (Fsp3) is 0.0667. The lowest BCUT2D eigenvalue weighted by Crippen LogP contribution is -2.12. The van der Waals surface area contributed by atoms with Crippen LogP contribution in [-0.4, -0.2) is 0 Å². The summed E-state index contributed by atoms with van der Waals surface area (Å²) >= 11 is 5.10. The first-order valence-electron chi connectivity index (χ1n) is 5.83. The van der Waals surface area contributed by atoms with Gasteiger partial charge in [0, 0.05) is 9.17 Å². The Morgan fingerprint density at radius 1 is 1.11 bits per heavy atom. The molecular formula is C15H11BrFNS. The maximum Gasteiger partial charge on any atom is 0.123 e. The van der Waals surface area contributed by atoms with Crippen molar-refractivity contribution < 1.29 is 4.39 Å². The quantitative estimate of drug-likeness (QED) is 0.711. The lowest BCUT2D eigenvalue weighted by molar-refractivity contribution is 0.623. The van der Waals surface area contributed by atoms with E-state index < -0.39 is 0 Å². The highest BCUT2D eigenvalue weighted by Crippen LogP contribution is 2.34. The molecule has 4 heteroatoms. The van der Waals surface area contributed by atoms with Crippen molar-refractivity contribution in [3.63, 3.8) is 0 Å². The molecule has 0 aliphatic carbocycles. The molecule has 1 nitrogen and oxygen atoms in total. The molecule has 1 atom stereocenters. The van der Waals surface area contributed by atoms with Crippen LogP contribution in [0.3, 0.4) is 0 Å². The summed E-state index contributed by atoms with van der Waals surface area (Å²) in [4.78, 5) is 0. The van der Waals surface area contributed by atoms with Gasteiger partial charge in [-0.15, -0.1) is 11.3 Å². The molecule has 1 aromatic heterocycles. The van der Waals surface area contributed by atoms with Gasteiger partial charge in [0.25, 0.3) is 0 Å². The van der Waals surface area contributed by atoms with E-state index in [1.54, 1.807) is 17.4 Å². The fourth-order valence-corrected chi connectivity index (χ4v) is 3.65. The summed E-state index contributed by atoms with van der Waals surface area (Å²) in [6, 6.07) is 12.4. The summed E-state index contributed by atoms with van der Waals surface area (Å²) in [7, 11) is 0. The monoisotopic (exact) mass is 335 g/mol. The zero-order valence-electron chi connectivity index (χ0n) is 9.94. The maximum absolute atomic E-state index is 13.4. The van der Waals surface area contributed by atoms with Gasteiger partial charge in [0.2, 0.25) is 0 Å². The van der Waals surface area contributed by atoms with Crippen LogP contribution >= 0.6 is 27.3 Å². The molecule has 0 aliphatic heterocycles. The summed E-state index contributed by atoms with van der Waals surface area (Å²) in [5.74, 6) is -0.270. The minimum Gasteiger partial charge on any atom is -0.320 e. The van der Waals surface area contributed by atoms with Crippen molar-refractivity contribution in [3.8, 4) is 0 Å². The Bertz CT molecular complexity index is 738. The number of hydrogen-bond donors (Lipinski definition) is 1. The van der Waals surface area contributed by atoms with Gasteiger partial charge in [0.15, 0.2) is 0 Å². The first-order chi connectivity index (χ1) is 9.16. The molecule has 0 bridgehead atoms. The Balaban J connectivity index is 2.13. The van der Waals surface area contributed by atoms with E-state index in [1.165, 1.54) is 16.8 Å². The third-order valence-electron chi connectivity index (χ3n) is 3.14. The molecule has 0 saturated carbocycles. The highest BCUT2D eigenvalue weighted by Gasteiger charge is 2.16. The molecular weight excluding hydrogens is 325 g/mol. The van der Waals surface area contributed by atoms with Crippen LogP contribution in [0.15, 0.2) is 52.3 Å². The van der Waals surface area contributed by atoms with Crippen LogP contribution in [0.25, 0.3) is 10.1 Å². The molecule has 0 spiro atoms. The summed E-state index contributed by atoms with van der Waals surface area (Å²) in [5, 5.41) is 3.18. The third kappa shape index (κ3) is 2.31. The number of nitrogens with two attached hydrogens (primary N) is 1. The van der Waals surface area contributed by atoms with Gasteiger partial charge < -0.3 is 5.73 Å². The molecule has 0 radical (unpaired) electrons. The predicted molar refractivity (Wildman–Crippen MR) is 82.0 cm³/mol. The SMILES string of the molecule is NC(c1cc(F)ccc1Br)c1csc2ccccc12. The third-order valence-corrected chi connectivity index (χ3v) is 4.84. The molecule has 0 fully saturated rings. The summed E-state index contributed by atoms with van der Waals surface area (Å²) in [6.07, 6.45) is 0. The second-order valence-corrected chi connectivity index (χ2v) is 6.10. The molecule has 1 unspecified atom stereocenters. The maximum atomic E-state index is 13.4. The lowest BCUT2D eigenvalue weighted by atomic mass is 9.99. The van der Waals surface area contributed by atoms with E-state index in [2.05, 4.69) is 22.0 Å². The van der Waals surface area contributed by atoms with Gasteiger partial charge in [-0.05, 0) is 46.2 Å². The van der Waals surface area contributed by atoms with Gasteiger partial charge in [0.05, 0.1) is 6.04 Å². The van der Waals surface area contributed by atoms with Gasteiger partial charge in [0.1, 0.15) is 5.82 Å². The number of fused-ring (bicyclic) bond motifs is 1. The van der Waals surface area contributed by atoms with Gasteiger partial charge in [-0.25, -0.2) is 4.39 Å². The Morgan fingerprint density at radius 2 is 1.89 bits per heavy atom. The van der Waals surface area contributed by atoms with Gasteiger partial charge >= 0.3 is 0 Å². The summed E-state index contributed by atoms with van der Waals surface area (Å²) in [5.41, 5.74) is 8.11. The van der Waals surface area contributed by atoms with Gasteiger partial charge in [-0.2, -0.15) is 0 Å². The normalized spacial score (nSPS) is 12.8. The van der Waals surface area contributed by atoms with Crippen molar-refractivity contribution in [1.82, 2.24) is 0 Å². The van der Waals surface area contributed by atoms with E-state index in [4.69, 9.17) is 5.73 Å². The van der Waals surface area contributed by atoms with Crippen molar-refractivity contribution >= 4 is 37.4 Å². The average Bonchev–Trinajstić information content (AvgIpc) is 2.84. The van der Waals surface area contributed by atoms with Crippen LogP contribution in [0.1, 0.15) is 17.2 Å². The van der Waals surface area contributed by atoms with Gasteiger partial charge in [-0.3, -0.25) is 0 Å². The highest BCUT2D eigenvalue weighted by molar-refractivity contribution is 9.10. The van der Waals surface area contributed by atoms with Crippen molar-refractivity contribution in [2.24, 2.45) is 5.73 Å². The second kappa shape index (κ2) is 5.04. The molecule has 0 aliphatic rings. The van der Waals surface area contributed by atoms with Crippen molar-refractivity contribution in [2.75, 3.05) is 0 Å². The van der Waals surface area contributed by atoms with Crippen LogP contribution in [-0.2, 0) is 0 Å². The minimum atomic E-state index is -0.332. The van der Waals surface area contributed by atoms with Gasteiger partial charge in [-0.1, -0.05) is 34.1 Å². The number of thiophene rings is 1. The molecule has 2 N–H and O–H groups in total. The van der Waals surface area contributed by atoms with E-state index in [9.17, 15) is 4.39 Å². The lowest BCUT2D eigenvalue weighted by Gasteiger charge is -2.13. The Hall–Kier alpha value is -1.23. The molecule has 1 heterocycles. The van der Waals surface area contributed by atoms with E-state index in [1.807, 2.05) is 23.6 Å². The van der Waals surface area contributed by atoms with Crippen LogP contribution < -0.4 is 5.73 Å². The molecule has 2 aromatic carbocycles. The van der Waals surface area contributed by atoms with E-state index in [0.717, 1.165) is 21.0 Å². The van der Waals surface area contributed by atoms with Crippen LogP contribution in [0.5, 0.6) is 0 Å². The highest BCUT2D eigenvalue weighted by atomic mass is 79.9. The molecule has 3 aromatic rings. The Morgan fingerprint density at radius 3 is 2.74 bits per heavy atom. The molecule has 19 heavy (non-hydrogen) atoms. The number of rotatable bonds is 2. The zero-order chi connectivity index (χ0) is 13.4. The number of hydrogen-bond acceptors (Lipinski definition) is 2. The van der Waals surface area contributed by atoms with Crippen molar-refractivity contribution in [1.29, 1.82) is 0 Å². The van der Waals surface area contributed by atoms with E-state index >= 15 is 0 Å². The van der Waals surface area contributed by atoms with Crippen LogP contribution in [0.2, 0.25) is 0 Å². The largest absolute Gasteiger partial charge is 0.320 e. The topological polar surface area (TPSA) is 26.0 Å². The summed E-state index contributed by atoms with van der Waals surface area (Å²) < 4.78 is 15.4. The minimum absolute atomic E-state index is 0.270. The average molecular weight is 336 g/mol. The van der Waals surface area contributed by atoms with Crippen LogP contribution in [0, 0.1) is 5.82 Å². The van der Waals surface area contributed by atoms with E-state index in [-0.39, 0.29) is 11.9 Å². The number of halogens is 2. The molecule has 0 saturated heterocycles. The number of benzene rings is 2. The zero-order valence-corrected chi connectivity index (χ0v) is 12.3. The van der Waals surface area contributed by atoms with E-state index in [0.29, 0.717) is 0 Å². The van der Waals surface area contributed by atoms with Crippen molar-refractivity contribution in [2.45, 2.75) is 6.04 Å². The molecule has 96 valence electrons. The Kier molecular flexibility index (Phi) is 3.39. The first-order valence-corrected chi connectivity index (χ1v) is 7.51. The summed E-state index contributed by atoms with van der Waals surface area (Å²) in [6.45, 7) is 0. The second-order valence-electron chi connectivity index (χ2n) is 4.33. The van der Waals surface area contributed by atoms with Crippen LogP contribution in [0.4, 0.5) is 4.39 Å². The predicted octanol–water partition coefficient (Wildman–Crippen LogP) is 4.85. The van der Waals surface area contributed by atoms with Crippen molar-refractivity contribution in [3.05, 3.63) is 69.3 Å².